The second kappa shape index (κ2) is 8.35. The molecular formula is C14H22Cl2N2O2. The van der Waals surface area contributed by atoms with Gasteiger partial charge in [0.25, 0.3) is 0 Å². The van der Waals surface area contributed by atoms with Gasteiger partial charge < -0.3 is 15.8 Å². The van der Waals surface area contributed by atoms with Crippen molar-refractivity contribution in [3.63, 3.8) is 0 Å². The van der Waals surface area contributed by atoms with Gasteiger partial charge in [0.2, 0.25) is 5.91 Å². The molecule has 1 amide bonds. The van der Waals surface area contributed by atoms with Crippen LogP contribution in [-0.4, -0.2) is 19.6 Å². The lowest BCUT2D eigenvalue weighted by molar-refractivity contribution is -0.125. The van der Waals surface area contributed by atoms with E-state index < -0.39 is 5.41 Å². The highest BCUT2D eigenvalue weighted by molar-refractivity contribution is 6.32. The predicted octanol–water partition coefficient (Wildman–Crippen LogP) is 3.47. The molecule has 0 aliphatic carbocycles. The minimum absolute atomic E-state index is 0. The molecule has 0 atom stereocenters. The van der Waals surface area contributed by atoms with Crippen LogP contribution in [0, 0.1) is 5.41 Å². The first-order valence-corrected chi connectivity index (χ1v) is 6.75. The first-order chi connectivity index (χ1) is 9.02. The third kappa shape index (κ3) is 4.01. The topological polar surface area (TPSA) is 64.4 Å². The summed E-state index contributed by atoms with van der Waals surface area (Å²) in [6, 6.07) is 5.15. The minimum Gasteiger partial charge on any atom is -0.495 e. The van der Waals surface area contributed by atoms with Crippen molar-refractivity contribution >= 4 is 35.6 Å². The van der Waals surface area contributed by atoms with Gasteiger partial charge in [-0.05, 0) is 31.0 Å². The zero-order valence-electron chi connectivity index (χ0n) is 12.0. The van der Waals surface area contributed by atoms with Crippen LogP contribution < -0.4 is 15.8 Å². The number of hydrogen-bond donors (Lipinski definition) is 2. The van der Waals surface area contributed by atoms with E-state index in [4.69, 9.17) is 22.1 Å². The average molecular weight is 321 g/mol. The fourth-order valence-electron chi connectivity index (χ4n) is 1.96. The van der Waals surface area contributed by atoms with E-state index in [0.29, 0.717) is 35.8 Å². The van der Waals surface area contributed by atoms with Gasteiger partial charge in [0.05, 0.1) is 17.5 Å². The molecule has 4 nitrogen and oxygen atoms in total. The predicted molar refractivity (Wildman–Crippen MR) is 86.0 cm³/mol. The van der Waals surface area contributed by atoms with E-state index in [1.807, 2.05) is 13.8 Å². The highest BCUT2D eigenvalue weighted by atomic mass is 35.5. The summed E-state index contributed by atoms with van der Waals surface area (Å²) in [5, 5.41) is 3.33. The lowest BCUT2D eigenvalue weighted by Crippen LogP contribution is -2.41. The van der Waals surface area contributed by atoms with Gasteiger partial charge in [-0.2, -0.15) is 0 Å². The second-order valence-corrected chi connectivity index (χ2v) is 4.90. The Labute approximate surface area is 131 Å². The zero-order valence-corrected chi connectivity index (χ0v) is 13.6. The minimum atomic E-state index is -0.521. The number of methoxy groups -OCH3 is 1. The molecule has 0 fully saturated rings. The number of halogens is 2. The van der Waals surface area contributed by atoms with E-state index in [2.05, 4.69) is 5.32 Å². The maximum absolute atomic E-state index is 12.3. The van der Waals surface area contributed by atoms with Crippen molar-refractivity contribution in [1.82, 2.24) is 0 Å². The Hall–Kier alpha value is -0.970. The summed E-state index contributed by atoms with van der Waals surface area (Å²) in [6.07, 6.45) is 1.41. The summed E-state index contributed by atoms with van der Waals surface area (Å²) in [5.41, 5.74) is 5.88. The van der Waals surface area contributed by atoms with Gasteiger partial charge in [0.15, 0.2) is 0 Å². The monoisotopic (exact) mass is 320 g/mol. The van der Waals surface area contributed by atoms with Crippen LogP contribution in [0.3, 0.4) is 0 Å². The number of benzene rings is 1. The van der Waals surface area contributed by atoms with Gasteiger partial charge in [-0.25, -0.2) is 0 Å². The molecule has 0 aromatic heterocycles. The van der Waals surface area contributed by atoms with E-state index in [-0.39, 0.29) is 18.3 Å². The highest BCUT2D eigenvalue weighted by Crippen LogP contribution is 2.30. The highest BCUT2D eigenvalue weighted by Gasteiger charge is 2.33. The molecule has 0 bridgehead atoms. The van der Waals surface area contributed by atoms with Gasteiger partial charge >= 0.3 is 0 Å². The lowest BCUT2D eigenvalue weighted by atomic mass is 9.81. The molecule has 1 aromatic rings. The largest absolute Gasteiger partial charge is 0.495 e. The number of hydrogen-bond acceptors (Lipinski definition) is 3. The molecule has 0 aliphatic rings. The van der Waals surface area contributed by atoms with Gasteiger partial charge in [-0.1, -0.05) is 25.4 Å². The van der Waals surface area contributed by atoms with Crippen LogP contribution in [0.4, 0.5) is 5.69 Å². The third-order valence-electron chi connectivity index (χ3n) is 3.64. The maximum atomic E-state index is 12.3. The third-order valence-corrected chi connectivity index (χ3v) is 3.93. The van der Waals surface area contributed by atoms with Gasteiger partial charge in [0, 0.05) is 12.2 Å². The quantitative estimate of drug-likeness (QED) is 0.843. The number of nitrogens with one attached hydrogen (secondary N) is 1. The molecule has 0 aliphatic heterocycles. The number of anilines is 1. The summed E-state index contributed by atoms with van der Waals surface area (Å²) in [7, 11) is 1.55. The number of carbonyl (C=O) groups is 1. The van der Waals surface area contributed by atoms with Crippen LogP contribution in [-0.2, 0) is 4.79 Å². The summed E-state index contributed by atoms with van der Waals surface area (Å²) in [6.45, 7) is 4.27. The number of nitrogens with two attached hydrogens (primary N) is 1. The molecule has 0 saturated carbocycles. The summed E-state index contributed by atoms with van der Waals surface area (Å²) in [4.78, 5) is 12.3. The Morgan fingerprint density at radius 3 is 2.40 bits per heavy atom. The molecule has 6 heteroatoms. The van der Waals surface area contributed by atoms with Crippen LogP contribution in [0.2, 0.25) is 5.02 Å². The molecule has 0 heterocycles. The van der Waals surface area contributed by atoms with Gasteiger partial charge in [-0.3, -0.25) is 4.79 Å². The van der Waals surface area contributed by atoms with E-state index >= 15 is 0 Å². The lowest BCUT2D eigenvalue weighted by Gasteiger charge is -2.28. The second-order valence-electron chi connectivity index (χ2n) is 4.50. The Kier molecular flexibility index (Phi) is 7.94. The normalized spacial score (nSPS) is 10.7. The fourth-order valence-corrected chi connectivity index (χ4v) is 2.22. The maximum Gasteiger partial charge on any atom is 0.231 e. The summed E-state index contributed by atoms with van der Waals surface area (Å²) in [5.74, 6) is 0.511. The molecule has 3 N–H and O–H groups in total. The SMILES string of the molecule is CCC(CC)(CN)C(=O)Nc1ccc(OC)c(Cl)c1.Cl. The Morgan fingerprint density at radius 2 is 2.00 bits per heavy atom. The Morgan fingerprint density at radius 1 is 1.40 bits per heavy atom. The standard InChI is InChI=1S/C14H21ClN2O2.ClH/c1-4-14(5-2,9-16)13(18)17-10-6-7-12(19-3)11(15)8-10;/h6-8H,4-5,9,16H2,1-3H3,(H,17,18);1H. The Balaban J connectivity index is 0.00000361. The van der Waals surface area contributed by atoms with Crippen molar-refractivity contribution in [3.05, 3.63) is 23.2 Å². The van der Waals surface area contributed by atoms with Crippen molar-refractivity contribution in [2.75, 3.05) is 19.0 Å². The molecule has 1 aromatic carbocycles. The molecule has 0 spiro atoms. The molecule has 1 rings (SSSR count). The van der Waals surface area contributed by atoms with Crippen LogP contribution in [0.25, 0.3) is 0 Å². The zero-order chi connectivity index (χ0) is 14.5. The molecule has 20 heavy (non-hydrogen) atoms. The van der Waals surface area contributed by atoms with E-state index in [1.54, 1.807) is 25.3 Å². The number of carbonyl (C=O) groups excluding carboxylic acids is 1. The number of ether oxygens (including phenoxy) is 1. The van der Waals surface area contributed by atoms with Crippen LogP contribution in [0.15, 0.2) is 18.2 Å². The van der Waals surface area contributed by atoms with Crippen LogP contribution in [0.5, 0.6) is 5.75 Å². The molecule has 0 radical (unpaired) electrons. The summed E-state index contributed by atoms with van der Waals surface area (Å²) < 4.78 is 5.07. The average Bonchev–Trinajstić information content (AvgIpc) is 2.41. The number of amides is 1. The van der Waals surface area contributed by atoms with Gasteiger partial charge in [0.1, 0.15) is 5.75 Å². The van der Waals surface area contributed by atoms with Crippen molar-refractivity contribution in [1.29, 1.82) is 0 Å². The summed E-state index contributed by atoms with van der Waals surface area (Å²) >= 11 is 6.03. The van der Waals surface area contributed by atoms with Crippen molar-refractivity contribution in [2.24, 2.45) is 11.1 Å². The molecule has 0 unspecified atom stereocenters. The first kappa shape index (κ1) is 19.0. The first-order valence-electron chi connectivity index (χ1n) is 6.38. The molecule has 0 saturated heterocycles. The molecule has 114 valence electrons. The number of rotatable bonds is 6. The van der Waals surface area contributed by atoms with Crippen LogP contribution in [0.1, 0.15) is 26.7 Å². The van der Waals surface area contributed by atoms with E-state index in [1.165, 1.54) is 0 Å². The van der Waals surface area contributed by atoms with E-state index in [9.17, 15) is 4.79 Å². The van der Waals surface area contributed by atoms with Crippen molar-refractivity contribution in [2.45, 2.75) is 26.7 Å². The fraction of sp³-hybridized carbons (Fsp3) is 0.500. The van der Waals surface area contributed by atoms with Crippen molar-refractivity contribution < 1.29 is 9.53 Å². The van der Waals surface area contributed by atoms with Gasteiger partial charge in [-0.15, -0.1) is 12.4 Å². The van der Waals surface area contributed by atoms with Crippen LogP contribution >= 0.6 is 24.0 Å². The Bertz CT molecular complexity index is 441. The van der Waals surface area contributed by atoms with E-state index in [0.717, 1.165) is 0 Å². The molecular weight excluding hydrogens is 299 g/mol. The smallest absolute Gasteiger partial charge is 0.231 e. The van der Waals surface area contributed by atoms with Crippen molar-refractivity contribution in [3.8, 4) is 5.75 Å².